The molecule has 0 aliphatic rings. The number of nitrogens with one attached hydrogen (secondary N) is 1. The number of carbonyl (C=O) groups excluding carboxylic acids is 1. The number of benzene rings is 2. The molecule has 0 radical (unpaired) electrons. The number of rotatable bonds is 5. The summed E-state index contributed by atoms with van der Waals surface area (Å²) in [7, 11) is 0. The zero-order valence-corrected chi connectivity index (χ0v) is 16.2. The van der Waals surface area contributed by atoms with Crippen LogP contribution in [0.2, 0.25) is 5.02 Å². The minimum atomic E-state index is -4.94. The van der Waals surface area contributed by atoms with Gasteiger partial charge in [-0.3, -0.25) is 9.78 Å². The molecule has 1 amide bonds. The molecule has 31 heavy (non-hydrogen) atoms. The molecule has 3 rings (SSSR count). The summed E-state index contributed by atoms with van der Waals surface area (Å²) in [4.78, 5) is 15.1. The third-order valence-electron chi connectivity index (χ3n) is 4.33. The lowest BCUT2D eigenvalue weighted by Gasteiger charge is -2.19. The Morgan fingerprint density at radius 3 is 2.23 bits per heavy atom. The number of hydrogen-bond acceptors (Lipinski definition) is 2. The first kappa shape index (κ1) is 22.6. The number of hydrogen-bond donors (Lipinski definition) is 1. The summed E-state index contributed by atoms with van der Waals surface area (Å²) in [5, 5.41) is 2.17. The van der Waals surface area contributed by atoms with Gasteiger partial charge in [0.15, 0.2) is 5.69 Å². The maximum atomic E-state index is 14.5. The summed E-state index contributed by atoms with van der Waals surface area (Å²) < 4.78 is 82.3. The zero-order chi connectivity index (χ0) is 22.8. The van der Waals surface area contributed by atoms with Crippen molar-refractivity contribution in [3.05, 3.63) is 88.5 Å². The van der Waals surface area contributed by atoms with E-state index in [1.807, 2.05) is 0 Å². The Bertz CT molecular complexity index is 1100. The molecule has 0 bridgehead atoms. The lowest BCUT2D eigenvalue weighted by molar-refractivity contribution is -0.141. The molecule has 1 heterocycles. The lowest BCUT2D eigenvalue weighted by atomic mass is 10.0. The van der Waals surface area contributed by atoms with Crippen molar-refractivity contribution >= 4 is 17.5 Å². The van der Waals surface area contributed by atoms with Gasteiger partial charge in [0.25, 0.3) is 11.8 Å². The summed E-state index contributed by atoms with van der Waals surface area (Å²) in [6.07, 6.45) is -4.12. The molecular formula is C21H13ClF6N2O. The van der Waals surface area contributed by atoms with Crippen molar-refractivity contribution < 1.29 is 31.1 Å². The quantitative estimate of drug-likeness (QED) is 0.471. The number of halogens is 7. The van der Waals surface area contributed by atoms with Crippen LogP contribution in [0, 0.1) is 5.82 Å². The number of alkyl halides is 5. The van der Waals surface area contributed by atoms with Crippen LogP contribution in [0.5, 0.6) is 0 Å². The van der Waals surface area contributed by atoms with Crippen molar-refractivity contribution in [2.45, 2.75) is 12.1 Å². The number of aromatic nitrogens is 1. The Balaban J connectivity index is 1.78. The first-order chi connectivity index (χ1) is 14.5. The molecule has 3 aromatic rings. The topological polar surface area (TPSA) is 42.0 Å². The molecular weight excluding hydrogens is 446 g/mol. The molecule has 1 N–H and O–H groups in total. The van der Waals surface area contributed by atoms with E-state index in [1.165, 1.54) is 6.07 Å². The molecule has 0 saturated carbocycles. The van der Waals surface area contributed by atoms with Crippen molar-refractivity contribution in [3.8, 4) is 11.1 Å². The van der Waals surface area contributed by atoms with Crippen LogP contribution >= 0.6 is 11.6 Å². The van der Waals surface area contributed by atoms with Crippen molar-refractivity contribution in [1.82, 2.24) is 10.3 Å². The molecule has 0 spiro atoms. The predicted octanol–water partition coefficient (Wildman–Crippen LogP) is 6.08. The Labute approximate surface area is 177 Å². The smallest absolute Gasteiger partial charge is 0.346 e. The van der Waals surface area contributed by atoms with Gasteiger partial charge in [-0.25, -0.2) is 4.39 Å². The van der Waals surface area contributed by atoms with Crippen LogP contribution in [0.3, 0.4) is 0 Å². The van der Waals surface area contributed by atoms with E-state index in [1.54, 1.807) is 29.6 Å². The molecule has 3 nitrogen and oxygen atoms in total. The van der Waals surface area contributed by atoms with Crippen LogP contribution in [0.15, 0.2) is 60.8 Å². The fourth-order valence-electron chi connectivity index (χ4n) is 2.83. The molecule has 0 aliphatic carbocycles. The molecule has 2 aromatic carbocycles. The summed E-state index contributed by atoms with van der Waals surface area (Å²) in [5.41, 5.74) is -2.56. The monoisotopic (exact) mass is 458 g/mol. The molecule has 1 aromatic heterocycles. The van der Waals surface area contributed by atoms with Crippen LogP contribution < -0.4 is 5.32 Å². The SMILES string of the molecule is O=C(NCC(F)(F)c1ccc(-c2ccc(Cl)cc2)cc1F)c1cccnc1C(F)(F)F. The molecule has 0 unspecified atom stereocenters. The van der Waals surface area contributed by atoms with Gasteiger partial charge in [0.05, 0.1) is 17.7 Å². The van der Waals surface area contributed by atoms with Gasteiger partial charge in [0.2, 0.25) is 0 Å². The van der Waals surface area contributed by atoms with Crippen LogP contribution in [-0.2, 0) is 12.1 Å². The molecule has 0 fully saturated rings. The van der Waals surface area contributed by atoms with Gasteiger partial charge >= 0.3 is 6.18 Å². The number of carbonyl (C=O) groups is 1. The van der Waals surface area contributed by atoms with Gasteiger partial charge in [-0.15, -0.1) is 0 Å². The molecule has 162 valence electrons. The Morgan fingerprint density at radius 2 is 1.61 bits per heavy atom. The maximum Gasteiger partial charge on any atom is 0.434 e. The van der Waals surface area contributed by atoms with E-state index >= 15 is 0 Å². The fraction of sp³-hybridized carbons (Fsp3) is 0.143. The largest absolute Gasteiger partial charge is 0.434 e. The highest BCUT2D eigenvalue weighted by atomic mass is 35.5. The summed E-state index contributed by atoms with van der Waals surface area (Å²) >= 11 is 5.78. The van der Waals surface area contributed by atoms with E-state index in [2.05, 4.69) is 4.98 Å². The second kappa shape index (κ2) is 8.58. The van der Waals surface area contributed by atoms with Crippen molar-refractivity contribution in [2.24, 2.45) is 0 Å². The van der Waals surface area contributed by atoms with E-state index in [0.29, 0.717) is 16.1 Å². The van der Waals surface area contributed by atoms with Crippen molar-refractivity contribution in [2.75, 3.05) is 6.54 Å². The van der Waals surface area contributed by atoms with E-state index in [9.17, 15) is 31.1 Å². The van der Waals surface area contributed by atoms with Gasteiger partial charge in [-0.05, 0) is 47.5 Å². The van der Waals surface area contributed by atoms with Gasteiger partial charge in [0.1, 0.15) is 5.82 Å². The number of nitrogens with zero attached hydrogens (tertiary/aromatic N) is 1. The van der Waals surface area contributed by atoms with Crippen LogP contribution in [0.1, 0.15) is 21.6 Å². The Hall–Kier alpha value is -3.07. The zero-order valence-electron chi connectivity index (χ0n) is 15.5. The average molecular weight is 459 g/mol. The first-order valence-corrected chi connectivity index (χ1v) is 9.11. The maximum absolute atomic E-state index is 14.5. The number of amides is 1. The second-order valence-electron chi connectivity index (χ2n) is 6.49. The van der Waals surface area contributed by atoms with E-state index in [-0.39, 0.29) is 0 Å². The highest BCUT2D eigenvalue weighted by molar-refractivity contribution is 6.30. The molecule has 10 heteroatoms. The second-order valence-corrected chi connectivity index (χ2v) is 6.92. The normalized spacial score (nSPS) is 12.0. The van der Waals surface area contributed by atoms with E-state index in [4.69, 9.17) is 11.6 Å². The van der Waals surface area contributed by atoms with E-state index in [0.717, 1.165) is 30.5 Å². The Morgan fingerprint density at radius 1 is 0.968 bits per heavy atom. The number of pyridine rings is 1. The average Bonchev–Trinajstić information content (AvgIpc) is 2.71. The van der Waals surface area contributed by atoms with E-state index < -0.39 is 47.2 Å². The van der Waals surface area contributed by atoms with Crippen LogP contribution in [-0.4, -0.2) is 17.4 Å². The third kappa shape index (κ3) is 5.16. The molecule has 0 saturated heterocycles. The summed E-state index contributed by atoms with van der Waals surface area (Å²) in [5.74, 6) is -6.51. The van der Waals surface area contributed by atoms with Gasteiger partial charge < -0.3 is 5.32 Å². The highest BCUT2D eigenvalue weighted by Gasteiger charge is 2.39. The Kier molecular flexibility index (Phi) is 6.26. The predicted molar refractivity (Wildman–Crippen MR) is 102 cm³/mol. The van der Waals surface area contributed by atoms with Gasteiger partial charge in [-0.1, -0.05) is 29.8 Å². The van der Waals surface area contributed by atoms with Crippen molar-refractivity contribution in [3.63, 3.8) is 0 Å². The molecule has 0 aliphatic heterocycles. The summed E-state index contributed by atoms with van der Waals surface area (Å²) in [6.45, 7) is -1.41. The van der Waals surface area contributed by atoms with Crippen LogP contribution in [0.25, 0.3) is 11.1 Å². The minimum absolute atomic E-state index is 0.322. The van der Waals surface area contributed by atoms with Crippen LogP contribution in [0.4, 0.5) is 26.3 Å². The third-order valence-corrected chi connectivity index (χ3v) is 4.58. The summed E-state index contributed by atoms with van der Waals surface area (Å²) in [6, 6.07) is 11.2. The standard InChI is InChI=1S/C21H13ClF6N2O/c22-14-6-3-12(4-7-14)13-5-8-16(17(23)10-13)20(24,25)11-30-19(31)15-2-1-9-29-18(15)21(26,27)28/h1-10H,11H2,(H,30,31). The highest BCUT2D eigenvalue weighted by Crippen LogP contribution is 2.33. The lowest BCUT2D eigenvalue weighted by Crippen LogP contribution is -2.36. The minimum Gasteiger partial charge on any atom is -0.346 e. The van der Waals surface area contributed by atoms with Crippen molar-refractivity contribution in [1.29, 1.82) is 0 Å². The van der Waals surface area contributed by atoms with Gasteiger partial charge in [0, 0.05) is 11.2 Å². The first-order valence-electron chi connectivity index (χ1n) is 8.73. The van der Waals surface area contributed by atoms with Gasteiger partial charge in [-0.2, -0.15) is 22.0 Å². The molecule has 0 atom stereocenters. The fourth-order valence-corrected chi connectivity index (χ4v) is 2.96.